The first kappa shape index (κ1) is 15.0. The predicted octanol–water partition coefficient (Wildman–Crippen LogP) is 3.50. The minimum atomic E-state index is 0.423. The SMILES string of the molecule is CCCC(C)C(CN)N(C)c1ccc(C)cc1C. The van der Waals surface area contributed by atoms with Gasteiger partial charge in [-0.15, -0.1) is 0 Å². The zero-order valence-electron chi connectivity index (χ0n) is 12.5. The highest BCUT2D eigenvalue weighted by Gasteiger charge is 2.21. The van der Waals surface area contributed by atoms with Crippen LogP contribution in [-0.2, 0) is 0 Å². The van der Waals surface area contributed by atoms with Crippen LogP contribution in [-0.4, -0.2) is 19.6 Å². The Morgan fingerprint density at radius 1 is 1.28 bits per heavy atom. The maximum atomic E-state index is 5.98. The van der Waals surface area contributed by atoms with Crippen molar-refractivity contribution in [1.29, 1.82) is 0 Å². The van der Waals surface area contributed by atoms with Crippen LogP contribution < -0.4 is 10.6 Å². The van der Waals surface area contributed by atoms with Crippen LogP contribution in [0.5, 0.6) is 0 Å². The van der Waals surface area contributed by atoms with Crippen LogP contribution in [0.1, 0.15) is 37.8 Å². The molecule has 0 aliphatic heterocycles. The molecule has 1 aromatic rings. The molecule has 0 aliphatic carbocycles. The molecule has 0 radical (unpaired) electrons. The monoisotopic (exact) mass is 248 g/mol. The molecule has 102 valence electrons. The van der Waals surface area contributed by atoms with Gasteiger partial charge in [-0.3, -0.25) is 0 Å². The Hall–Kier alpha value is -1.02. The fourth-order valence-electron chi connectivity index (χ4n) is 2.80. The van der Waals surface area contributed by atoms with Crippen LogP contribution in [0.25, 0.3) is 0 Å². The van der Waals surface area contributed by atoms with Crippen LogP contribution in [0.4, 0.5) is 5.69 Å². The first-order valence-corrected chi connectivity index (χ1v) is 7.01. The summed E-state index contributed by atoms with van der Waals surface area (Å²) in [5.41, 5.74) is 9.93. The summed E-state index contributed by atoms with van der Waals surface area (Å²) < 4.78 is 0. The fourth-order valence-corrected chi connectivity index (χ4v) is 2.80. The van der Waals surface area contributed by atoms with Gasteiger partial charge in [-0.25, -0.2) is 0 Å². The molecule has 1 aromatic carbocycles. The summed E-state index contributed by atoms with van der Waals surface area (Å²) in [6.07, 6.45) is 2.45. The van der Waals surface area contributed by atoms with Crippen molar-refractivity contribution < 1.29 is 0 Å². The first-order valence-electron chi connectivity index (χ1n) is 7.01. The number of nitrogens with two attached hydrogens (primary N) is 1. The molecule has 2 nitrogen and oxygen atoms in total. The van der Waals surface area contributed by atoms with Crippen molar-refractivity contribution in [2.75, 3.05) is 18.5 Å². The van der Waals surface area contributed by atoms with E-state index in [1.807, 2.05) is 0 Å². The van der Waals surface area contributed by atoms with Gasteiger partial charge < -0.3 is 10.6 Å². The third-order valence-electron chi connectivity index (χ3n) is 3.87. The molecule has 0 aliphatic rings. The van der Waals surface area contributed by atoms with E-state index < -0.39 is 0 Å². The van der Waals surface area contributed by atoms with Crippen LogP contribution in [0.2, 0.25) is 0 Å². The minimum absolute atomic E-state index is 0.423. The molecule has 2 heteroatoms. The van der Waals surface area contributed by atoms with Gasteiger partial charge in [0.1, 0.15) is 0 Å². The Morgan fingerprint density at radius 3 is 2.44 bits per heavy atom. The van der Waals surface area contributed by atoms with Crippen LogP contribution in [0.3, 0.4) is 0 Å². The summed E-state index contributed by atoms with van der Waals surface area (Å²) in [5, 5.41) is 0. The van der Waals surface area contributed by atoms with Gasteiger partial charge >= 0.3 is 0 Å². The van der Waals surface area contributed by atoms with Crippen molar-refractivity contribution >= 4 is 5.69 Å². The number of nitrogens with zero attached hydrogens (tertiary/aromatic N) is 1. The third kappa shape index (κ3) is 3.49. The number of benzene rings is 1. The molecule has 2 atom stereocenters. The molecule has 0 saturated heterocycles. The highest BCUT2D eigenvalue weighted by atomic mass is 15.1. The second kappa shape index (κ2) is 6.79. The Morgan fingerprint density at radius 2 is 1.94 bits per heavy atom. The van der Waals surface area contributed by atoms with Crippen molar-refractivity contribution in [3.05, 3.63) is 29.3 Å². The van der Waals surface area contributed by atoms with E-state index in [-0.39, 0.29) is 0 Å². The average molecular weight is 248 g/mol. The Balaban J connectivity index is 2.92. The molecule has 2 N–H and O–H groups in total. The summed E-state index contributed by atoms with van der Waals surface area (Å²) >= 11 is 0. The van der Waals surface area contributed by atoms with Gasteiger partial charge in [0.25, 0.3) is 0 Å². The Bertz CT molecular complexity index is 373. The van der Waals surface area contributed by atoms with Crippen molar-refractivity contribution in [2.45, 2.75) is 46.6 Å². The molecule has 0 aromatic heterocycles. The number of likely N-dealkylation sites (N-methyl/N-ethyl adjacent to an activating group) is 1. The molecular weight excluding hydrogens is 220 g/mol. The van der Waals surface area contributed by atoms with Gasteiger partial charge in [0.2, 0.25) is 0 Å². The standard InChI is InChI=1S/C16H28N2/c1-6-7-13(3)16(11-17)18(5)15-9-8-12(2)10-14(15)4/h8-10,13,16H,6-7,11,17H2,1-5H3. The van der Waals surface area contributed by atoms with Crippen LogP contribution in [0, 0.1) is 19.8 Å². The van der Waals surface area contributed by atoms with Crippen LogP contribution in [0.15, 0.2) is 18.2 Å². The van der Waals surface area contributed by atoms with Crippen molar-refractivity contribution in [3.8, 4) is 0 Å². The molecule has 2 unspecified atom stereocenters. The maximum Gasteiger partial charge on any atom is 0.0434 e. The molecule has 0 saturated carbocycles. The lowest BCUT2D eigenvalue weighted by atomic mass is 9.95. The van der Waals surface area contributed by atoms with E-state index in [9.17, 15) is 0 Å². The molecule has 0 fully saturated rings. The van der Waals surface area contributed by atoms with E-state index in [0.717, 1.165) is 0 Å². The average Bonchev–Trinajstić information content (AvgIpc) is 2.29. The smallest absolute Gasteiger partial charge is 0.0434 e. The molecule has 0 bridgehead atoms. The number of hydrogen-bond donors (Lipinski definition) is 1. The molecule has 1 rings (SSSR count). The summed E-state index contributed by atoms with van der Waals surface area (Å²) in [5.74, 6) is 0.630. The van der Waals surface area contributed by atoms with Crippen LogP contribution >= 0.6 is 0 Å². The summed E-state index contributed by atoms with van der Waals surface area (Å²) in [7, 11) is 2.17. The summed E-state index contributed by atoms with van der Waals surface area (Å²) in [6.45, 7) is 9.57. The van der Waals surface area contributed by atoms with E-state index in [1.165, 1.54) is 29.7 Å². The van der Waals surface area contributed by atoms with E-state index >= 15 is 0 Å². The minimum Gasteiger partial charge on any atom is -0.370 e. The fraction of sp³-hybridized carbons (Fsp3) is 0.625. The number of rotatable bonds is 6. The predicted molar refractivity (Wildman–Crippen MR) is 81.2 cm³/mol. The molecule has 0 spiro atoms. The van der Waals surface area contributed by atoms with Gasteiger partial charge in [0, 0.05) is 25.3 Å². The van der Waals surface area contributed by atoms with Gasteiger partial charge in [-0.1, -0.05) is 38.0 Å². The van der Waals surface area contributed by atoms with Gasteiger partial charge in [-0.05, 0) is 37.8 Å². The normalized spacial score (nSPS) is 14.3. The van der Waals surface area contributed by atoms with Crippen molar-refractivity contribution in [1.82, 2.24) is 0 Å². The van der Waals surface area contributed by atoms with E-state index in [2.05, 4.69) is 57.8 Å². The highest BCUT2D eigenvalue weighted by Crippen LogP contribution is 2.25. The molecular formula is C16H28N2. The lowest BCUT2D eigenvalue weighted by molar-refractivity contribution is 0.414. The van der Waals surface area contributed by atoms with Gasteiger partial charge in [-0.2, -0.15) is 0 Å². The van der Waals surface area contributed by atoms with Gasteiger partial charge in [0.05, 0.1) is 0 Å². The number of hydrogen-bond acceptors (Lipinski definition) is 2. The zero-order chi connectivity index (χ0) is 13.7. The second-order valence-electron chi connectivity index (χ2n) is 5.47. The van der Waals surface area contributed by atoms with E-state index in [0.29, 0.717) is 18.5 Å². The number of aryl methyl sites for hydroxylation is 2. The Labute approximate surface area is 112 Å². The lowest BCUT2D eigenvalue weighted by Crippen LogP contribution is -2.43. The first-order chi connectivity index (χ1) is 8.51. The van der Waals surface area contributed by atoms with Gasteiger partial charge in [0.15, 0.2) is 0 Å². The number of anilines is 1. The van der Waals surface area contributed by atoms with E-state index in [1.54, 1.807) is 0 Å². The highest BCUT2D eigenvalue weighted by molar-refractivity contribution is 5.54. The molecule has 0 amide bonds. The van der Waals surface area contributed by atoms with Crippen molar-refractivity contribution in [2.24, 2.45) is 11.7 Å². The largest absolute Gasteiger partial charge is 0.370 e. The second-order valence-corrected chi connectivity index (χ2v) is 5.47. The Kier molecular flexibility index (Phi) is 5.67. The summed E-state index contributed by atoms with van der Waals surface area (Å²) in [6, 6.07) is 7.05. The topological polar surface area (TPSA) is 29.3 Å². The molecule has 0 heterocycles. The third-order valence-corrected chi connectivity index (χ3v) is 3.87. The maximum absolute atomic E-state index is 5.98. The lowest BCUT2D eigenvalue weighted by Gasteiger charge is -2.34. The van der Waals surface area contributed by atoms with Crippen molar-refractivity contribution in [3.63, 3.8) is 0 Å². The molecule has 18 heavy (non-hydrogen) atoms. The summed E-state index contributed by atoms with van der Waals surface area (Å²) in [4.78, 5) is 2.36. The zero-order valence-corrected chi connectivity index (χ0v) is 12.5. The quantitative estimate of drug-likeness (QED) is 0.835. The van der Waals surface area contributed by atoms with E-state index in [4.69, 9.17) is 5.73 Å².